The number of nitrogens with zero attached hydrogens (tertiary/aromatic N) is 12. The molecule has 0 spiro atoms. The molecule has 480 valence electrons. The fourth-order valence-electron chi connectivity index (χ4n) is 10.3. The Balaban J connectivity index is 0.759. The number of hydrogen-bond acceptors (Lipinski definition) is 32. The second-order valence-corrected chi connectivity index (χ2v) is 25.6. The number of aliphatic hydroxyl groups is 1. The number of phosphoric ester groups is 4. The molecule has 0 amide bonds. The topological polar surface area (TPSA) is 650 Å². The summed E-state index contributed by atoms with van der Waals surface area (Å²) in [4.78, 5) is 145. The molecular weight excluding hydrogens is 1280 g/mol. The van der Waals surface area contributed by atoms with Gasteiger partial charge in [0.05, 0.1) is 57.8 Å². The molecule has 0 saturated carbocycles. The minimum absolute atomic E-state index is 0.0168. The van der Waals surface area contributed by atoms with E-state index in [2.05, 4.69) is 64.3 Å². The Kier molecular flexibility index (Phi) is 16.4. The highest BCUT2D eigenvalue weighted by Gasteiger charge is 2.49. The minimum Gasteiger partial charge on any atom is -0.390 e. The maximum absolute atomic E-state index is 14.2. The van der Waals surface area contributed by atoms with Gasteiger partial charge in [0.15, 0.2) is 44.7 Å². The number of H-pyrrole nitrogens is 4. The molecule has 8 aromatic heterocycles. The van der Waals surface area contributed by atoms with E-state index in [1.165, 1.54) is 24.6 Å². The van der Waals surface area contributed by atoms with Crippen LogP contribution < -0.4 is 45.2 Å². The lowest BCUT2D eigenvalue weighted by molar-refractivity contribution is -0.0619. The Hall–Kier alpha value is -7.16. The van der Waals surface area contributed by atoms with Gasteiger partial charge in [0.2, 0.25) is 23.8 Å². The number of aliphatic hydroxyl groups excluding tert-OH is 1. The quantitative estimate of drug-likeness (QED) is 0.0300. The van der Waals surface area contributed by atoms with E-state index < -0.39 is 173 Å². The van der Waals surface area contributed by atoms with Gasteiger partial charge in [-0.1, -0.05) is 0 Å². The molecule has 3 unspecified atom stereocenters. The molecule has 8 aromatic rings. The molecule has 4 aliphatic rings. The van der Waals surface area contributed by atoms with Crippen LogP contribution in [0.15, 0.2) is 44.5 Å². The van der Waals surface area contributed by atoms with Crippen LogP contribution in [0.5, 0.6) is 0 Å². The number of fused-ring (bicyclic) bond motifs is 4. The van der Waals surface area contributed by atoms with Crippen molar-refractivity contribution < 1.29 is 98.4 Å². The van der Waals surface area contributed by atoms with Crippen molar-refractivity contribution in [2.75, 3.05) is 49.4 Å². The first-order chi connectivity index (χ1) is 42.0. The van der Waals surface area contributed by atoms with Crippen LogP contribution in [0.25, 0.3) is 44.7 Å². The summed E-state index contributed by atoms with van der Waals surface area (Å²) >= 11 is 0. The largest absolute Gasteiger partial charge is 0.472 e. The third kappa shape index (κ3) is 13.1. The molecule has 15 atom stereocenters. The predicted octanol–water partition coefficient (Wildman–Crippen LogP) is -3.03. The van der Waals surface area contributed by atoms with E-state index in [-0.39, 0.29) is 74.9 Å². The number of anilines is 4. The molecule has 49 heteroatoms. The van der Waals surface area contributed by atoms with Gasteiger partial charge >= 0.3 is 31.3 Å². The van der Waals surface area contributed by atoms with E-state index in [1.54, 1.807) is 0 Å². The Morgan fingerprint density at radius 3 is 0.989 bits per heavy atom. The Bertz CT molecular complexity index is 4490. The molecule has 18 N–H and O–H groups in total. The van der Waals surface area contributed by atoms with E-state index in [0.717, 1.165) is 19.0 Å². The zero-order chi connectivity index (χ0) is 63.2. The van der Waals surface area contributed by atoms with Crippen LogP contribution in [0.2, 0.25) is 0 Å². The molecule has 0 radical (unpaired) electrons. The summed E-state index contributed by atoms with van der Waals surface area (Å²) in [5.41, 5.74) is 19.1. The van der Waals surface area contributed by atoms with Crippen molar-refractivity contribution in [1.82, 2.24) is 78.1 Å². The van der Waals surface area contributed by atoms with Crippen LogP contribution in [-0.4, -0.2) is 183 Å². The number of nitrogens with one attached hydrogen (secondary N) is 4. The average Bonchev–Trinajstić information content (AvgIpc) is 1.69. The van der Waals surface area contributed by atoms with Crippen LogP contribution in [0.1, 0.15) is 50.6 Å². The zero-order valence-corrected chi connectivity index (χ0v) is 48.4. The van der Waals surface area contributed by atoms with Crippen LogP contribution in [0, 0.1) is 0 Å². The van der Waals surface area contributed by atoms with Gasteiger partial charge in [-0.3, -0.25) is 89.0 Å². The summed E-state index contributed by atoms with van der Waals surface area (Å²) in [6.45, 7) is -3.74. The lowest BCUT2D eigenvalue weighted by atomic mass is 10.2. The lowest BCUT2D eigenvalue weighted by Gasteiger charge is -2.25. The van der Waals surface area contributed by atoms with E-state index >= 15 is 0 Å². The van der Waals surface area contributed by atoms with E-state index in [9.17, 15) is 67.0 Å². The predicted molar refractivity (Wildman–Crippen MR) is 290 cm³/mol. The molecule has 4 saturated heterocycles. The molecular formula is C40H50N20O25P4. The SMILES string of the molecule is Nc1nc2c(ncn2[C@H]2C[C@H](OP(=O)(O)OC[C@H]3O[C@@H](n4cnc5c(=O)[nH]c(N)nc54)C[C@@H]3OP(=O)(O)OC[C@H]3O[C@@H](n4cnc5c(=O)[nH]c(N)nc54)C[C@@H]3OP(=O)(O)OC[C@H]3O[C@@H](n4cnc5c(=O)[nH]c(N)nc54)C[C@@H]3O)[C@@H](COP(=O)(O)O)O2)c(=O)[nH]1. The average molecular weight is 1330 g/mol. The number of aromatic nitrogens is 16. The maximum atomic E-state index is 14.2. The highest BCUT2D eigenvalue weighted by molar-refractivity contribution is 7.48. The first kappa shape index (κ1) is 62.1. The first-order valence-electron chi connectivity index (χ1n) is 25.9. The highest BCUT2D eigenvalue weighted by Crippen LogP contribution is 2.54. The lowest BCUT2D eigenvalue weighted by Crippen LogP contribution is -2.31. The summed E-state index contributed by atoms with van der Waals surface area (Å²) in [6, 6.07) is 0. The fourth-order valence-corrected chi connectivity index (χ4v) is 13.5. The number of rotatable bonds is 22. The summed E-state index contributed by atoms with van der Waals surface area (Å²) in [7, 11) is -21.4. The van der Waals surface area contributed by atoms with Gasteiger partial charge in [0, 0.05) is 25.7 Å². The van der Waals surface area contributed by atoms with Gasteiger partial charge in [0.25, 0.3) is 22.2 Å². The van der Waals surface area contributed by atoms with Crippen LogP contribution in [0.4, 0.5) is 23.8 Å². The molecule has 4 fully saturated rings. The van der Waals surface area contributed by atoms with Gasteiger partial charge in [-0.15, -0.1) is 0 Å². The highest BCUT2D eigenvalue weighted by atomic mass is 31.2. The normalized spacial score (nSPS) is 27.9. The van der Waals surface area contributed by atoms with Crippen molar-refractivity contribution in [2.45, 2.75) is 99.4 Å². The molecule has 0 bridgehead atoms. The molecule has 12 rings (SSSR count). The summed E-state index contributed by atoms with van der Waals surface area (Å²) in [5.74, 6) is -1.23. The Morgan fingerprint density at radius 2 is 0.697 bits per heavy atom. The third-order valence-electron chi connectivity index (χ3n) is 14.2. The van der Waals surface area contributed by atoms with Gasteiger partial charge in [-0.2, -0.15) is 19.9 Å². The number of aromatic amines is 4. The number of ether oxygens (including phenoxy) is 4. The third-order valence-corrected chi connectivity index (χ3v) is 17.7. The van der Waals surface area contributed by atoms with Gasteiger partial charge in [-0.05, 0) is 0 Å². The smallest absolute Gasteiger partial charge is 0.390 e. The number of nitrogens with two attached hydrogens (primary N) is 4. The number of phosphoric acid groups is 4. The summed E-state index contributed by atoms with van der Waals surface area (Å²) < 4.78 is 120. The second-order valence-electron chi connectivity index (χ2n) is 20.1. The summed E-state index contributed by atoms with van der Waals surface area (Å²) in [6.07, 6.45) is -14.0. The molecule has 89 heavy (non-hydrogen) atoms. The van der Waals surface area contributed by atoms with Crippen LogP contribution >= 0.6 is 31.3 Å². The molecule has 0 aliphatic carbocycles. The second kappa shape index (κ2) is 23.6. The van der Waals surface area contributed by atoms with E-state index in [4.69, 9.17) is 69.0 Å². The first-order valence-corrected chi connectivity index (χ1v) is 31.9. The number of nitrogen functional groups attached to an aromatic ring is 4. The van der Waals surface area contributed by atoms with Crippen molar-refractivity contribution in [3.8, 4) is 0 Å². The van der Waals surface area contributed by atoms with Crippen molar-refractivity contribution >= 4 is 99.7 Å². The van der Waals surface area contributed by atoms with Crippen LogP contribution in [0.3, 0.4) is 0 Å². The van der Waals surface area contributed by atoms with Gasteiger partial charge in [-0.25, -0.2) is 38.2 Å². The van der Waals surface area contributed by atoms with Crippen molar-refractivity contribution in [2.24, 2.45) is 0 Å². The van der Waals surface area contributed by atoms with Gasteiger partial charge in [0.1, 0.15) is 67.6 Å². The Morgan fingerprint density at radius 1 is 0.438 bits per heavy atom. The standard InChI is InChI=1S/C40H50N20O25P4/c41-37-49-29-25(33(62)53-37)45-9-57(29)21-1-13(61)17(79-21)5-76-87(69,70)84-15-3-23(59-11-47-27-31(59)51-39(43)55-35(27)64)81-19(15)7-78-89(73,74)85-16-4-24(60-12-48-28-32(60)52-40(44)56-36(28)65)82-20(16)8-77-88(71,72)83-14-2-22(80-18(14)6-75-86(66,67)68)58-10-46-26-30(58)50-38(42)54-34(26)63/h9-24,61H,1-8H2,(H,69,70)(H,71,72)(H,73,74)(H2,66,67,68)(H3,41,49,53,62)(H3,42,50,54,63)(H3,43,51,55,64)(H3,44,52,56,65)/t13-,14-,15-,16-,17+,18+,19+,20+,21+,22+,23+,24+/m0/s1. The van der Waals surface area contributed by atoms with Gasteiger partial charge < -0.3 is 71.5 Å². The molecule has 45 nitrogen and oxygen atoms in total. The van der Waals surface area contributed by atoms with E-state index in [1.807, 2.05) is 0 Å². The molecule has 0 aromatic carbocycles. The fraction of sp³-hybridized carbons (Fsp3) is 0.500. The Labute approximate surface area is 490 Å². The maximum Gasteiger partial charge on any atom is 0.472 e. The van der Waals surface area contributed by atoms with Crippen LogP contribution in [-0.2, 0) is 68.9 Å². The molecule has 12 heterocycles. The zero-order valence-electron chi connectivity index (χ0n) is 44.8. The number of imidazole rings is 4. The molecule has 4 aliphatic heterocycles. The monoisotopic (exact) mass is 1330 g/mol. The number of hydrogen-bond donors (Lipinski definition) is 14. The van der Waals surface area contributed by atoms with Crippen molar-refractivity contribution in [3.05, 3.63) is 66.7 Å². The van der Waals surface area contributed by atoms with E-state index in [0.29, 0.717) is 0 Å². The van der Waals surface area contributed by atoms with Crippen molar-refractivity contribution in [1.29, 1.82) is 0 Å². The summed E-state index contributed by atoms with van der Waals surface area (Å²) in [5, 5.41) is 10.9. The van der Waals surface area contributed by atoms with Crippen molar-refractivity contribution in [3.63, 3.8) is 0 Å². The minimum atomic E-state index is -5.49.